The Bertz CT molecular complexity index is 613. The van der Waals surface area contributed by atoms with Gasteiger partial charge in [-0.1, -0.05) is 18.2 Å². The molecule has 5 heteroatoms. The summed E-state index contributed by atoms with van der Waals surface area (Å²) >= 11 is 0. The van der Waals surface area contributed by atoms with Crippen molar-refractivity contribution < 1.29 is 18.8 Å². The maximum atomic E-state index is 12.1. The van der Waals surface area contributed by atoms with Crippen LogP contribution in [-0.2, 0) is 9.57 Å². The molecular formula is C15H17NO4. The number of amides is 1. The van der Waals surface area contributed by atoms with Crippen molar-refractivity contribution in [3.8, 4) is 0 Å². The molecule has 0 radical (unpaired) electrons. The molecule has 1 aromatic heterocycles. The van der Waals surface area contributed by atoms with E-state index < -0.39 is 0 Å². The number of hydrogen-bond acceptors (Lipinski definition) is 4. The van der Waals surface area contributed by atoms with Gasteiger partial charge in [-0.25, -0.2) is 10.3 Å². The molecule has 3 rings (SSSR count). The van der Waals surface area contributed by atoms with Crippen LogP contribution in [0.5, 0.6) is 0 Å². The van der Waals surface area contributed by atoms with Crippen molar-refractivity contribution in [3.63, 3.8) is 0 Å². The van der Waals surface area contributed by atoms with Crippen LogP contribution in [0.25, 0.3) is 11.0 Å². The summed E-state index contributed by atoms with van der Waals surface area (Å²) in [6, 6.07) is 7.55. The Morgan fingerprint density at radius 1 is 1.35 bits per heavy atom. The van der Waals surface area contributed by atoms with Gasteiger partial charge in [0.2, 0.25) is 0 Å². The number of hydroxylamine groups is 1. The standard InChI is InChI=1S/C15H17NO4/c1-10-11-6-2-3-7-12(11)19-14(10)15(17)16-20-13-8-4-5-9-18-13/h2-3,6-7,13H,4-5,8-9H2,1H3,(H,16,17)/t13-/m0/s1. The molecule has 0 spiro atoms. The van der Waals surface area contributed by atoms with Gasteiger partial charge in [0.05, 0.1) is 0 Å². The maximum absolute atomic E-state index is 12.1. The molecule has 5 nitrogen and oxygen atoms in total. The minimum Gasteiger partial charge on any atom is -0.451 e. The van der Waals surface area contributed by atoms with Crippen molar-refractivity contribution in [3.05, 3.63) is 35.6 Å². The third kappa shape index (κ3) is 2.55. The van der Waals surface area contributed by atoms with Crippen LogP contribution in [0.2, 0.25) is 0 Å². The Morgan fingerprint density at radius 2 is 2.20 bits per heavy atom. The molecular weight excluding hydrogens is 258 g/mol. The van der Waals surface area contributed by atoms with Crippen molar-refractivity contribution in [2.45, 2.75) is 32.5 Å². The SMILES string of the molecule is Cc1c(C(=O)NO[C@H]2CCCCO2)oc2ccccc12. The minimum absolute atomic E-state index is 0.280. The molecule has 1 aliphatic heterocycles. The second-order valence-electron chi connectivity index (χ2n) is 4.90. The third-order valence-corrected chi connectivity index (χ3v) is 3.47. The molecule has 1 aromatic carbocycles. The zero-order chi connectivity index (χ0) is 13.9. The van der Waals surface area contributed by atoms with Crippen LogP contribution in [-0.4, -0.2) is 18.8 Å². The van der Waals surface area contributed by atoms with Gasteiger partial charge in [-0.05, 0) is 25.8 Å². The summed E-state index contributed by atoms with van der Waals surface area (Å²) in [6.45, 7) is 2.53. The summed E-state index contributed by atoms with van der Waals surface area (Å²) in [7, 11) is 0. The molecule has 1 aliphatic rings. The van der Waals surface area contributed by atoms with Gasteiger partial charge in [0.1, 0.15) is 5.58 Å². The van der Waals surface area contributed by atoms with E-state index in [2.05, 4.69) is 5.48 Å². The molecule has 106 valence electrons. The summed E-state index contributed by atoms with van der Waals surface area (Å²) in [5.41, 5.74) is 3.92. The molecule has 0 aliphatic carbocycles. The van der Waals surface area contributed by atoms with Gasteiger partial charge in [0, 0.05) is 24.0 Å². The Balaban J connectivity index is 1.70. The second-order valence-corrected chi connectivity index (χ2v) is 4.90. The summed E-state index contributed by atoms with van der Waals surface area (Å²) in [5, 5.41) is 0.937. The molecule has 2 heterocycles. The molecule has 1 amide bonds. The van der Waals surface area contributed by atoms with E-state index in [4.69, 9.17) is 14.0 Å². The average molecular weight is 275 g/mol. The lowest BCUT2D eigenvalue weighted by atomic mass is 10.1. The molecule has 1 N–H and O–H groups in total. The quantitative estimate of drug-likeness (QED) is 0.875. The number of hydrogen-bond donors (Lipinski definition) is 1. The number of rotatable bonds is 3. The van der Waals surface area contributed by atoms with Crippen molar-refractivity contribution in [1.82, 2.24) is 5.48 Å². The average Bonchev–Trinajstić information content (AvgIpc) is 2.84. The highest BCUT2D eigenvalue weighted by Crippen LogP contribution is 2.24. The van der Waals surface area contributed by atoms with Crippen LogP contribution in [0.1, 0.15) is 35.4 Å². The van der Waals surface area contributed by atoms with E-state index in [0.717, 1.165) is 30.2 Å². The van der Waals surface area contributed by atoms with E-state index >= 15 is 0 Å². The first kappa shape index (κ1) is 13.1. The Kier molecular flexibility index (Phi) is 3.71. The molecule has 0 unspecified atom stereocenters. The van der Waals surface area contributed by atoms with Gasteiger partial charge < -0.3 is 9.15 Å². The van der Waals surface area contributed by atoms with Gasteiger partial charge in [-0.2, -0.15) is 0 Å². The number of ether oxygens (including phenoxy) is 1. The molecule has 2 aromatic rings. The number of furan rings is 1. The summed E-state index contributed by atoms with van der Waals surface area (Å²) in [5.74, 6) is -0.102. The molecule has 0 bridgehead atoms. The van der Waals surface area contributed by atoms with Gasteiger partial charge in [0.15, 0.2) is 12.1 Å². The summed E-state index contributed by atoms with van der Waals surface area (Å²) in [6.07, 6.45) is 2.51. The maximum Gasteiger partial charge on any atom is 0.310 e. The van der Waals surface area contributed by atoms with Gasteiger partial charge in [-0.3, -0.25) is 4.79 Å². The normalized spacial score (nSPS) is 19.1. The smallest absolute Gasteiger partial charge is 0.310 e. The Hall–Kier alpha value is -1.85. The fourth-order valence-electron chi connectivity index (χ4n) is 2.36. The van der Waals surface area contributed by atoms with Crippen LogP contribution in [0.4, 0.5) is 0 Å². The molecule has 1 fully saturated rings. The predicted octanol–water partition coefficient (Wildman–Crippen LogP) is 2.93. The number of para-hydroxylation sites is 1. The van der Waals surface area contributed by atoms with E-state index in [1.807, 2.05) is 31.2 Å². The number of benzene rings is 1. The Labute approximate surface area is 116 Å². The van der Waals surface area contributed by atoms with Crippen molar-refractivity contribution in [2.24, 2.45) is 0 Å². The van der Waals surface area contributed by atoms with E-state index in [9.17, 15) is 4.79 Å². The highest BCUT2D eigenvalue weighted by atomic mass is 16.8. The number of carbonyl (C=O) groups excluding carboxylic acids is 1. The summed E-state index contributed by atoms with van der Waals surface area (Å²) < 4.78 is 11.0. The van der Waals surface area contributed by atoms with Crippen molar-refractivity contribution in [2.75, 3.05) is 6.61 Å². The van der Waals surface area contributed by atoms with Crippen LogP contribution in [0.3, 0.4) is 0 Å². The highest BCUT2D eigenvalue weighted by molar-refractivity contribution is 5.98. The zero-order valence-electron chi connectivity index (χ0n) is 11.3. The molecule has 20 heavy (non-hydrogen) atoms. The van der Waals surface area contributed by atoms with Crippen molar-refractivity contribution >= 4 is 16.9 Å². The summed E-state index contributed by atoms with van der Waals surface area (Å²) in [4.78, 5) is 17.4. The van der Waals surface area contributed by atoms with E-state index in [0.29, 0.717) is 12.2 Å². The van der Waals surface area contributed by atoms with E-state index in [1.54, 1.807) is 0 Å². The van der Waals surface area contributed by atoms with Crippen LogP contribution in [0.15, 0.2) is 28.7 Å². The van der Waals surface area contributed by atoms with Gasteiger partial charge in [0.25, 0.3) is 0 Å². The number of fused-ring (bicyclic) bond motifs is 1. The van der Waals surface area contributed by atoms with Crippen molar-refractivity contribution in [1.29, 1.82) is 0 Å². The highest BCUT2D eigenvalue weighted by Gasteiger charge is 2.20. The number of nitrogens with one attached hydrogen (secondary N) is 1. The van der Waals surface area contributed by atoms with E-state index in [-0.39, 0.29) is 18.0 Å². The number of carbonyl (C=O) groups is 1. The first-order valence-corrected chi connectivity index (χ1v) is 6.81. The van der Waals surface area contributed by atoms with E-state index in [1.165, 1.54) is 0 Å². The molecule has 0 saturated carbocycles. The minimum atomic E-state index is -0.382. The topological polar surface area (TPSA) is 60.7 Å². The van der Waals surface area contributed by atoms with Crippen LogP contribution >= 0.6 is 0 Å². The predicted molar refractivity (Wildman–Crippen MR) is 73.1 cm³/mol. The number of aryl methyl sites for hydroxylation is 1. The lowest BCUT2D eigenvalue weighted by molar-refractivity contribution is -0.187. The van der Waals surface area contributed by atoms with Crippen LogP contribution in [0, 0.1) is 6.92 Å². The fraction of sp³-hybridized carbons (Fsp3) is 0.400. The largest absolute Gasteiger partial charge is 0.451 e. The van der Waals surface area contributed by atoms with Gasteiger partial charge >= 0.3 is 5.91 Å². The first-order chi connectivity index (χ1) is 9.75. The molecule has 1 saturated heterocycles. The van der Waals surface area contributed by atoms with Gasteiger partial charge in [-0.15, -0.1) is 0 Å². The Morgan fingerprint density at radius 3 is 2.95 bits per heavy atom. The molecule has 1 atom stereocenters. The third-order valence-electron chi connectivity index (χ3n) is 3.47. The monoisotopic (exact) mass is 275 g/mol. The fourth-order valence-corrected chi connectivity index (χ4v) is 2.36. The first-order valence-electron chi connectivity index (χ1n) is 6.81. The lowest BCUT2D eigenvalue weighted by Crippen LogP contribution is -2.33. The zero-order valence-corrected chi connectivity index (χ0v) is 11.3. The lowest BCUT2D eigenvalue weighted by Gasteiger charge is -2.21. The second kappa shape index (κ2) is 5.64. The van der Waals surface area contributed by atoms with Crippen LogP contribution < -0.4 is 5.48 Å².